The molecule has 2 aliphatic heterocycles. The highest BCUT2D eigenvalue weighted by Gasteiger charge is 2.50. The summed E-state index contributed by atoms with van der Waals surface area (Å²) in [6.07, 6.45) is -3.60. The van der Waals surface area contributed by atoms with Crippen molar-refractivity contribution in [2.75, 3.05) is 16.9 Å². The molecule has 0 fully saturated rings. The summed E-state index contributed by atoms with van der Waals surface area (Å²) in [5.74, 6) is -1.48. The number of hydrazone groups is 1. The van der Waals surface area contributed by atoms with E-state index in [4.69, 9.17) is 0 Å². The fourth-order valence-corrected chi connectivity index (χ4v) is 3.02. The Bertz CT molecular complexity index is 908. The number of carbonyl (C=O) groups is 1. The molecule has 0 unspecified atom stereocenters. The molecule has 26 heavy (non-hydrogen) atoms. The number of rotatable bonds is 3. The van der Waals surface area contributed by atoms with Gasteiger partial charge in [-0.1, -0.05) is 18.2 Å². The Morgan fingerprint density at radius 1 is 1.15 bits per heavy atom. The predicted molar refractivity (Wildman–Crippen MR) is 92.2 cm³/mol. The highest BCUT2D eigenvalue weighted by molar-refractivity contribution is 6.17. The molecule has 1 amide bonds. The zero-order valence-corrected chi connectivity index (χ0v) is 13.6. The second kappa shape index (κ2) is 6.14. The zero-order chi connectivity index (χ0) is 18.3. The van der Waals surface area contributed by atoms with Crippen LogP contribution in [0, 0.1) is 0 Å². The van der Waals surface area contributed by atoms with Gasteiger partial charge in [0.15, 0.2) is 0 Å². The first-order chi connectivity index (χ1) is 12.4. The molecule has 0 saturated carbocycles. The maximum atomic E-state index is 12.7. The molecule has 0 aliphatic carbocycles. The van der Waals surface area contributed by atoms with Crippen molar-refractivity contribution >= 4 is 23.1 Å². The van der Waals surface area contributed by atoms with Gasteiger partial charge < -0.3 is 10.6 Å². The van der Waals surface area contributed by atoms with E-state index in [9.17, 15) is 18.0 Å². The Morgan fingerprint density at radius 3 is 2.73 bits per heavy atom. The van der Waals surface area contributed by atoms with E-state index in [0.29, 0.717) is 5.69 Å². The number of amidine groups is 1. The van der Waals surface area contributed by atoms with E-state index in [2.05, 4.69) is 15.7 Å². The van der Waals surface area contributed by atoms with Crippen molar-refractivity contribution in [3.8, 4) is 0 Å². The van der Waals surface area contributed by atoms with Crippen LogP contribution in [-0.4, -0.2) is 24.5 Å². The summed E-state index contributed by atoms with van der Waals surface area (Å²) in [5.41, 5.74) is 3.18. The first kappa shape index (κ1) is 16.6. The van der Waals surface area contributed by atoms with Crippen LogP contribution >= 0.6 is 0 Å². The fourth-order valence-electron chi connectivity index (χ4n) is 3.02. The third-order valence-electron chi connectivity index (χ3n) is 4.34. The van der Waals surface area contributed by atoms with Gasteiger partial charge in [-0.15, -0.1) is 5.10 Å². The molecule has 2 aliphatic rings. The summed E-state index contributed by atoms with van der Waals surface area (Å²) in [6, 6.07) is 11.7. The van der Waals surface area contributed by atoms with Gasteiger partial charge in [0, 0.05) is 12.2 Å². The van der Waals surface area contributed by atoms with E-state index in [0.717, 1.165) is 30.1 Å². The van der Waals surface area contributed by atoms with Crippen LogP contribution in [0.3, 0.4) is 0 Å². The molecule has 0 bridgehead atoms. The van der Waals surface area contributed by atoms with E-state index in [-0.39, 0.29) is 11.3 Å². The Balaban J connectivity index is 1.55. The number of nitrogens with zero attached hydrogens (tertiary/aromatic N) is 2. The van der Waals surface area contributed by atoms with Gasteiger partial charge >= 0.3 is 6.18 Å². The van der Waals surface area contributed by atoms with E-state index in [1.807, 2.05) is 12.1 Å². The molecule has 4 rings (SSSR count). The molecule has 8 heteroatoms. The first-order valence-electron chi connectivity index (χ1n) is 8.12. The lowest BCUT2D eigenvalue weighted by molar-refractivity contribution is -0.0563. The average Bonchev–Trinajstić information content (AvgIpc) is 3.42. The molecule has 0 atom stereocenters. The molecule has 0 radical (unpaired) electrons. The van der Waals surface area contributed by atoms with Gasteiger partial charge in [-0.2, -0.15) is 13.2 Å². The van der Waals surface area contributed by atoms with Gasteiger partial charge in [0.2, 0.25) is 0 Å². The highest BCUT2D eigenvalue weighted by atomic mass is 19.4. The zero-order valence-electron chi connectivity index (χ0n) is 13.6. The van der Waals surface area contributed by atoms with Gasteiger partial charge in [0.25, 0.3) is 11.7 Å². The number of hydrogen-bond acceptors (Lipinski definition) is 4. The van der Waals surface area contributed by atoms with Crippen LogP contribution in [0.1, 0.15) is 21.5 Å². The largest absolute Gasteiger partial charge is 0.453 e. The average molecular weight is 360 g/mol. The van der Waals surface area contributed by atoms with Crippen molar-refractivity contribution in [2.24, 2.45) is 5.10 Å². The lowest BCUT2D eigenvalue weighted by atomic mass is 10.0. The van der Waals surface area contributed by atoms with Crippen molar-refractivity contribution in [1.29, 1.82) is 0 Å². The van der Waals surface area contributed by atoms with Crippen LogP contribution in [0.5, 0.6) is 0 Å². The summed E-state index contributed by atoms with van der Waals surface area (Å²) in [5, 5.41) is 10.1. The van der Waals surface area contributed by atoms with Crippen molar-refractivity contribution < 1.29 is 18.0 Å². The van der Waals surface area contributed by atoms with E-state index in [1.54, 1.807) is 18.2 Å². The lowest BCUT2D eigenvalue weighted by Crippen LogP contribution is -2.24. The van der Waals surface area contributed by atoms with Gasteiger partial charge in [-0.25, -0.2) is 5.01 Å². The highest BCUT2D eigenvalue weighted by Crippen LogP contribution is 2.35. The molecule has 5 nitrogen and oxygen atoms in total. The molecular weight excluding hydrogens is 345 g/mol. The van der Waals surface area contributed by atoms with Crippen LogP contribution in [0.15, 0.2) is 47.6 Å². The van der Waals surface area contributed by atoms with E-state index in [1.165, 1.54) is 17.7 Å². The third-order valence-corrected chi connectivity index (χ3v) is 4.34. The Morgan fingerprint density at radius 2 is 1.96 bits per heavy atom. The summed E-state index contributed by atoms with van der Waals surface area (Å²) >= 11 is 0. The van der Waals surface area contributed by atoms with Gasteiger partial charge in [0.05, 0.1) is 11.3 Å². The maximum Gasteiger partial charge on any atom is 0.453 e. The molecule has 2 aromatic rings. The molecule has 0 spiro atoms. The number of benzene rings is 2. The molecular formula is C18H15F3N4O. The molecule has 2 N–H and O–H groups in total. The Kier molecular flexibility index (Phi) is 3.91. The quantitative estimate of drug-likeness (QED) is 0.883. The van der Waals surface area contributed by atoms with E-state index < -0.39 is 17.9 Å². The smallest absolute Gasteiger partial charge is 0.322 e. The van der Waals surface area contributed by atoms with Crippen molar-refractivity contribution in [2.45, 2.75) is 19.1 Å². The minimum atomic E-state index is -4.53. The number of nitrogens with one attached hydrogen (secondary N) is 2. The monoisotopic (exact) mass is 360 g/mol. The van der Waals surface area contributed by atoms with Gasteiger partial charge in [0.1, 0.15) is 0 Å². The first-order valence-corrected chi connectivity index (χ1v) is 8.12. The predicted octanol–water partition coefficient (Wildman–Crippen LogP) is 3.28. The van der Waals surface area contributed by atoms with Crippen LogP contribution in [-0.2, 0) is 13.0 Å². The molecule has 0 aromatic heterocycles. The van der Waals surface area contributed by atoms with Gasteiger partial charge in [-0.05, 0) is 48.4 Å². The Labute approximate surface area is 147 Å². The summed E-state index contributed by atoms with van der Waals surface area (Å²) in [7, 11) is 0. The second-order valence-electron chi connectivity index (χ2n) is 6.11. The molecule has 134 valence electrons. The second-order valence-corrected chi connectivity index (χ2v) is 6.11. The summed E-state index contributed by atoms with van der Waals surface area (Å²) in [4.78, 5) is 12.6. The van der Waals surface area contributed by atoms with Crippen molar-refractivity contribution in [1.82, 2.24) is 5.32 Å². The minimum absolute atomic E-state index is 0.108. The number of anilines is 2. The molecule has 0 saturated heterocycles. The van der Waals surface area contributed by atoms with Crippen LogP contribution in [0.25, 0.3) is 0 Å². The number of hydrogen-bond donors (Lipinski definition) is 2. The lowest BCUT2D eigenvalue weighted by Gasteiger charge is -2.18. The standard InChI is InChI=1S/C18H15F3N4O/c19-18(20,21)17-24-25(17)15-4-2-1-3-14(15)16(26)23-13-6-5-11-7-8-22-10-12(11)9-13/h1-6,9,22H,7-8,10H2,(H,23,26). The summed E-state index contributed by atoms with van der Waals surface area (Å²) < 4.78 is 38.2. The van der Waals surface area contributed by atoms with Gasteiger partial charge in [-0.3, -0.25) is 4.79 Å². The van der Waals surface area contributed by atoms with Crippen LogP contribution in [0.2, 0.25) is 0 Å². The number of fused-ring (bicyclic) bond motifs is 1. The molecule has 2 heterocycles. The minimum Gasteiger partial charge on any atom is -0.322 e. The normalized spacial score (nSPS) is 16.0. The SMILES string of the molecule is O=C(Nc1ccc2c(c1)CNCC2)c1ccccc1N1N=C1C(F)(F)F. The topological polar surface area (TPSA) is 56.5 Å². The van der Waals surface area contributed by atoms with Crippen LogP contribution < -0.4 is 15.6 Å². The third kappa shape index (κ3) is 3.15. The van der Waals surface area contributed by atoms with E-state index >= 15 is 0 Å². The number of carbonyl (C=O) groups excluding carboxylic acids is 1. The summed E-state index contributed by atoms with van der Waals surface area (Å²) in [6.45, 7) is 1.65. The number of para-hydroxylation sites is 1. The Hall–Kier alpha value is -2.87. The van der Waals surface area contributed by atoms with Crippen molar-refractivity contribution in [3.05, 3.63) is 59.2 Å². The number of alkyl halides is 3. The maximum absolute atomic E-state index is 12.7. The van der Waals surface area contributed by atoms with Crippen LogP contribution in [0.4, 0.5) is 24.5 Å². The number of amides is 1. The molecule has 2 aromatic carbocycles. The fraction of sp³-hybridized carbons (Fsp3) is 0.222. The van der Waals surface area contributed by atoms with Crippen molar-refractivity contribution in [3.63, 3.8) is 0 Å². The number of halogens is 3.